The highest BCUT2D eigenvalue weighted by Gasteiger charge is 2.28. The van der Waals surface area contributed by atoms with Crippen LogP contribution in [-0.2, 0) is 30.8 Å². The van der Waals surface area contributed by atoms with Gasteiger partial charge < -0.3 is 19.9 Å². The molecule has 1 aliphatic heterocycles. The molecule has 1 heterocycles. The van der Waals surface area contributed by atoms with Crippen molar-refractivity contribution in [2.24, 2.45) is 0 Å². The molecule has 9 heteroatoms. The third-order valence-corrected chi connectivity index (χ3v) is 5.43. The minimum atomic E-state index is -3.73. The number of ether oxygens (including phenoxy) is 2. The molecule has 0 spiro atoms. The Morgan fingerprint density at radius 1 is 1.39 bits per heavy atom. The van der Waals surface area contributed by atoms with E-state index in [0.29, 0.717) is 18.8 Å². The van der Waals surface area contributed by atoms with Crippen LogP contribution in [0.4, 0.5) is 0 Å². The summed E-state index contributed by atoms with van der Waals surface area (Å²) in [4.78, 5) is 11.1. The van der Waals surface area contributed by atoms with Gasteiger partial charge in [0.15, 0.2) is 0 Å². The van der Waals surface area contributed by atoms with Crippen LogP contribution < -0.4 is 5.32 Å². The normalized spacial score (nSPS) is 16.2. The van der Waals surface area contributed by atoms with Crippen molar-refractivity contribution < 1.29 is 27.8 Å². The van der Waals surface area contributed by atoms with E-state index in [-0.39, 0.29) is 36.8 Å². The molecule has 1 saturated heterocycles. The van der Waals surface area contributed by atoms with Gasteiger partial charge in [-0.3, -0.25) is 4.79 Å². The number of phenolic OH excluding ortho intramolecular Hbond substituents is 1. The van der Waals surface area contributed by atoms with E-state index < -0.39 is 16.0 Å². The lowest BCUT2D eigenvalue weighted by molar-refractivity contribution is -0.139. The van der Waals surface area contributed by atoms with E-state index in [2.05, 4.69) is 10.1 Å². The van der Waals surface area contributed by atoms with Gasteiger partial charge in [-0.15, -0.1) is 0 Å². The Balaban J connectivity index is 2.22. The van der Waals surface area contributed by atoms with Crippen molar-refractivity contribution in [3.63, 3.8) is 0 Å². The monoisotopic (exact) mass is 344 g/mol. The van der Waals surface area contributed by atoms with Gasteiger partial charge in [0.05, 0.1) is 31.8 Å². The third kappa shape index (κ3) is 4.41. The minimum absolute atomic E-state index is 0.0248. The molecular weight excluding hydrogens is 324 g/mol. The van der Waals surface area contributed by atoms with Crippen molar-refractivity contribution in [3.8, 4) is 5.75 Å². The summed E-state index contributed by atoms with van der Waals surface area (Å²) in [7, 11) is -2.46. The first-order valence-electron chi connectivity index (χ1n) is 7.12. The fourth-order valence-electron chi connectivity index (χ4n) is 2.23. The number of nitrogens with zero attached hydrogens (tertiary/aromatic N) is 1. The van der Waals surface area contributed by atoms with Gasteiger partial charge in [0, 0.05) is 25.7 Å². The summed E-state index contributed by atoms with van der Waals surface area (Å²) in [6, 6.07) is 4.15. The summed E-state index contributed by atoms with van der Waals surface area (Å²) in [6.07, 6.45) is 0. The van der Waals surface area contributed by atoms with Gasteiger partial charge in [0.1, 0.15) is 5.75 Å². The summed E-state index contributed by atoms with van der Waals surface area (Å²) in [5.74, 6) is -0.574. The first-order valence-corrected chi connectivity index (χ1v) is 8.56. The van der Waals surface area contributed by atoms with Crippen LogP contribution in [0.15, 0.2) is 23.1 Å². The number of sulfonamides is 1. The summed E-state index contributed by atoms with van der Waals surface area (Å²) < 4.78 is 36.5. The predicted molar refractivity (Wildman–Crippen MR) is 81.4 cm³/mol. The molecule has 0 saturated carbocycles. The molecule has 23 heavy (non-hydrogen) atoms. The third-order valence-electron chi connectivity index (χ3n) is 3.45. The Kier molecular flexibility index (Phi) is 5.94. The van der Waals surface area contributed by atoms with Crippen LogP contribution in [0.2, 0.25) is 0 Å². The van der Waals surface area contributed by atoms with E-state index in [9.17, 15) is 18.3 Å². The second kappa shape index (κ2) is 7.73. The van der Waals surface area contributed by atoms with Crippen LogP contribution in [0, 0.1) is 0 Å². The van der Waals surface area contributed by atoms with Crippen LogP contribution in [0.5, 0.6) is 5.75 Å². The van der Waals surface area contributed by atoms with Gasteiger partial charge in [-0.05, 0) is 11.6 Å². The molecule has 8 nitrogen and oxygen atoms in total. The van der Waals surface area contributed by atoms with Crippen molar-refractivity contribution in [3.05, 3.63) is 23.8 Å². The molecule has 0 amide bonds. The lowest BCUT2D eigenvalue weighted by Gasteiger charge is -2.27. The molecule has 0 radical (unpaired) electrons. The molecule has 1 aromatic carbocycles. The number of rotatable bonds is 6. The van der Waals surface area contributed by atoms with Gasteiger partial charge >= 0.3 is 5.97 Å². The number of carbonyl (C=O) groups is 1. The Morgan fingerprint density at radius 3 is 2.74 bits per heavy atom. The van der Waals surface area contributed by atoms with Gasteiger partial charge in [0.2, 0.25) is 10.0 Å². The maximum Gasteiger partial charge on any atom is 0.319 e. The summed E-state index contributed by atoms with van der Waals surface area (Å²) in [5.41, 5.74) is 0.471. The Bertz CT molecular complexity index is 655. The van der Waals surface area contributed by atoms with Crippen molar-refractivity contribution >= 4 is 16.0 Å². The van der Waals surface area contributed by atoms with Crippen molar-refractivity contribution in [1.82, 2.24) is 9.62 Å². The number of methoxy groups -OCH3 is 1. The number of aromatic hydroxyl groups is 1. The van der Waals surface area contributed by atoms with E-state index in [4.69, 9.17) is 4.74 Å². The highest BCUT2D eigenvalue weighted by atomic mass is 32.2. The molecule has 128 valence electrons. The molecule has 0 unspecified atom stereocenters. The van der Waals surface area contributed by atoms with Crippen molar-refractivity contribution in [2.75, 3.05) is 40.0 Å². The van der Waals surface area contributed by atoms with Crippen molar-refractivity contribution in [1.29, 1.82) is 0 Å². The molecule has 0 aliphatic carbocycles. The highest BCUT2D eigenvalue weighted by Crippen LogP contribution is 2.25. The van der Waals surface area contributed by atoms with Crippen LogP contribution >= 0.6 is 0 Å². The molecule has 0 aromatic heterocycles. The predicted octanol–water partition coefficient (Wildman–Crippen LogP) is -0.324. The molecule has 1 aliphatic rings. The maximum absolute atomic E-state index is 12.8. The van der Waals surface area contributed by atoms with Gasteiger partial charge in [-0.25, -0.2) is 8.42 Å². The lowest BCUT2D eigenvalue weighted by Crippen LogP contribution is -2.41. The number of benzene rings is 1. The Hall–Kier alpha value is -1.68. The molecule has 0 bridgehead atoms. The number of hydrogen-bond donors (Lipinski definition) is 2. The van der Waals surface area contributed by atoms with Crippen LogP contribution in [0.3, 0.4) is 0 Å². The summed E-state index contributed by atoms with van der Waals surface area (Å²) in [5, 5.41) is 12.5. The smallest absolute Gasteiger partial charge is 0.319 e. The standard InChI is InChI=1S/C14H20N2O6S/c1-21-14(18)10-15-9-11-2-3-12(17)8-13(11)23(19,20)16-4-6-22-7-5-16/h2-3,8,15,17H,4-7,9-10H2,1H3. The number of phenols is 1. The van der Waals surface area contributed by atoms with E-state index in [0.717, 1.165) is 0 Å². The number of nitrogens with one attached hydrogen (secondary N) is 1. The highest BCUT2D eigenvalue weighted by molar-refractivity contribution is 7.89. The van der Waals surface area contributed by atoms with Gasteiger partial charge in [-0.1, -0.05) is 6.07 Å². The van der Waals surface area contributed by atoms with Gasteiger partial charge in [-0.2, -0.15) is 4.31 Å². The first-order chi connectivity index (χ1) is 10.9. The number of carbonyl (C=O) groups excluding carboxylic acids is 1. The van der Waals surface area contributed by atoms with Crippen molar-refractivity contribution in [2.45, 2.75) is 11.4 Å². The Morgan fingerprint density at radius 2 is 2.09 bits per heavy atom. The number of hydrogen-bond acceptors (Lipinski definition) is 7. The largest absolute Gasteiger partial charge is 0.508 e. The zero-order valence-electron chi connectivity index (χ0n) is 12.8. The first kappa shape index (κ1) is 17.7. The molecule has 0 atom stereocenters. The van der Waals surface area contributed by atoms with Crippen LogP contribution in [-0.4, -0.2) is 63.8 Å². The fraction of sp³-hybridized carbons (Fsp3) is 0.500. The summed E-state index contributed by atoms with van der Waals surface area (Å²) >= 11 is 0. The maximum atomic E-state index is 12.8. The fourth-order valence-corrected chi connectivity index (χ4v) is 3.88. The van der Waals surface area contributed by atoms with E-state index in [1.165, 1.54) is 29.6 Å². The zero-order valence-corrected chi connectivity index (χ0v) is 13.6. The van der Waals surface area contributed by atoms with E-state index >= 15 is 0 Å². The Labute approximate surface area is 135 Å². The number of morpholine rings is 1. The lowest BCUT2D eigenvalue weighted by atomic mass is 10.2. The topological polar surface area (TPSA) is 105 Å². The van der Waals surface area contributed by atoms with E-state index in [1.807, 2.05) is 0 Å². The molecule has 1 aromatic rings. The quantitative estimate of drug-likeness (QED) is 0.681. The second-order valence-electron chi connectivity index (χ2n) is 4.99. The molecule has 1 fully saturated rings. The average molecular weight is 344 g/mol. The zero-order chi connectivity index (χ0) is 16.9. The minimum Gasteiger partial charge on any atom is -0.508 e. The molecular formula is C14H20N2O6S. The summed E-state index contributed by atoms with van der Waals surface area (Å²) in [6.45, 7) is 1.35. The van der Waals surface area contributed by atoms with Crippen LogP contribution in [0.25, 0.3) is 0 Å². The SMILES string of the molecule is COC(=O)CNCc1ccc(O)cc1S(=O)(=O)N1CCOCC1. The van der Waals surface area contributed by atoms with Gasteiger partial charge in [0.25, 0.3) is 0 Å². The number of esters is 1. The molecule has 2 N–H and O–H groups in total. The average Bonchev–Trinajstić information content (AvgIpc) is 2.56. The van der Waals surface area contributed by atoms with E-state index in [1.54, 1.807) is 0 Å². The second-order valence-corrected chi connectivity index (χ2v) is 6.89. The van der Waals surface area contributed by atoms with Crippen LogP contribution in [0.1, 0.15) is 5.56 Å². The molecule has 2 rings (SSSR count).